The Kier molecular flexibility index (Phi) is 5.21. The van der Waals surface area contributed by atoms with Crippen LogP contribution in [0.5, 0.6) is 5.75 Å². The highest BCUT2D eigenvalue weighted by Gasteiger charge is 2.34. The van der Waals surface area contributed by atoms with Crippen molar-refractivity contribution in [1.82, 2.24) is 10.2 Å². The molecule has 0 saturated carbocycles. The molecule has 106 valence electrons. The highest BCUT2D eigenvalue weighted by Crippen LogP contribution is 2.18. The van der Waals surface area contributed by atoms with E-state index in [2.05, 4.69) is 5.32 Å². The first-order chi connectivity index (χ1) is 9.00. The Hall–Kier alpha value is -1.71. The number of carbonyl (C=O) groups excluding carboxylic acids is 1. The van der Waals surface area contributed by atoms with Crippen molar-refractivity contribution in [2.75, 3.05) is 13.7 Å². The zero-order chi connectivity index (χ0) is 14.5. The van der Waals surface area contributed by atoms with Gasteiger partial charge in [-0.25, -0.2) is 4.79 Å². The highest BCUT2D eigenvalue weighted by molar-refractivity contribution is 5.77. The quantitative estimate of drug-likeness (QED) is 0.911. The Bertz CT molecular complexity index is 413. The van der Waals surface area contributed by atoms with Crippen LogP contribution in [0.3, 0.4) is 0 Å². The second-order valence-electron chi connectivity index (χ2n) is 5.02. The van der Waals surface area contributed by atoms with Crippen molar-refractivity contribution in [2.24, 2.45) is 0 Å². The number of urea groups is 1. The molecular weight excluding hydrogens is 240 g/mol. The summed E-state index contributed by atoms with van der Waals surface area (Å²) in [6.07, 6.45) is 0. The summed E-state index contributed by atoms with van der Waals surface area (Å²) in [6.45, 7) is 9.43. The summed E-state index contributed by atoms with van der Waals surface area (Å²) in [6, 6.07) is 7.79. The van der Waals surface area contributed by atoms with Crippen molar-refractivity contribution in [2.45, 2.75) is 39.8 Å². The standard InChI is InChI=1S/C13H18N2O2.C2H6/c1-13(2)9-15(12(16)14-13)8-10-4-6-11(17-3)7-5-10;1-2/h4-7H,8-9H2,1-3H3,(H,14,16);1-2H3. The summed E-state index contributed by atoms with van der Waals surface area (Å²) in [5, 5.41) is 2.95. The summed E-state index contributed by atoms with van der Waals surface area (Å²) in [5.74, 6) is 0.833. The van der Waals surface area contributed by atoms with Crippen LogP contribution in [0.25, 0.3) is 0 Å². The van der Waals surface area contributed by atoms with Gasteiger partial charge < -0.3 is 15.0 Å². The lowest BCUT2D eigenvalue weighted by atomic mass is 10.1. The van der Waals surface area contributed by atoms with E-state index in [4.69, 9.17) is 4.74 Å². The van der Waals surface area contributed by atoms with Gasteiger partial charge in [-0.15, -0.1) is 0 Å². The molecule has 1 N–H and O–H groups in total. The third kappa shape index (κ3) is 4.16. The van der Waals surface area contributed by atoms with E-state index >= 15 is 0 Å². The molecule has 4 heteroatoms. The van der Waals surface area contributed by atoms with E-state index in [0.29, 0.717) is 6.54 Å². The lowest BCUT2D eigenvalue weighted by Gasteiger charge is -2.17. The fourth-order valence-electron chi connectivity index (χ4n) is 2.04. The molecule has 1 aromatic rings. The van der Waals surface area contributed by atoms with E-state index < -0.39 is 0 Å². The average Bonchev–Trinajstić information content (AvgIpc) is 2.65. The Morgan fingerprint density at radius 1 is 1.26 bits per heavy atom. The van der Waals surface area contributed by atoms with Crippen molar-refractivity contribution in [3.05, 3.63) is 29.8 Å². The summed E-state index contributed by atoms with van der Waals surface area (Å²) in [5.41, 5.74) is 0.974. The van der Waals surface area contributed by atoms with Crippen LogP contribution >= 0.6 is 0 Å². The molecule has 2 amide bonds. The molecule has 0 aromatic heterocycles. The molecular formula is C15H24N2O2. The van der Waals surface area contributed by atoms with Crippen molar-refractivity contribution in [3.63, 3.8) is 0 Å². The lowest BCUT2D eigenvalue weighted by Crippen LogP contribution is -2.36. The van der Waals surface area contributed by atoms with Crippen LogP contribution in [0, 0.1) is 0 Å². The molecule has 1 aliphatic heterocycles. The predicted octanol–water partition coefficient (Wildman–Crippen LogP) is 3.03. The first-order valence-corrected chi connectivity index (χ1v) is 6.70. The third-order valence-electron chi connectivity index (χ3n) is 2.85. The first kappa shape index (κ1) is 15.3. The minimum absolute atomic E-state index is 0.00539. The maximum atomic E-state index is 11.7. The number of rotatable bonds is 3. The minimum Gasteiger partial charge on any atom is -0.497 e. The largest absolute Gasteiger partial charge is 0.497 e. The van der Waals surface area contributed by atoms with Gasteiger partial charge in [-0.1, -0.05) is 26.0 Å². The minimum atomic E-state index is -0.135. The first-order valence-electron chi connectivity index (χ1n) is 6.70. The van der Waals surface area contributed by atoms with Gasteiger partial charge in [-0.05, 0) is 31.5 Å². The number of hydrogen-bond donors (Lipinski definition) is 1. The van der Waals surface area contributed by atoms with Crippen LogP contribution in [0.4, 0.5) is 4.79 Å². The topological polar surface area (TPSA) is 41.6 Å². The van der Waals surface area contributed by atoms with Gasteiger partial charge in [0.1, 0.15) is 5.75 Å². The number of methoxy groups -OCH3 is 1. The average molecular weight is 264 g/mol. The van der Waals surface area contributed by atoms with Gasteiger partial charge in [0.2, 0.25) is 0 Å². The monoisotopic (exact) mass is 264 g/mol. The van der Waals surface area contributed by atoms with Gasteiger partial charge in [0, 0.05) is 13.1 Å². The Labute approximate surface area is 115 Å². The van der Waals surface area contributed by atoms with E-state index in [-0.39, 0.29) is 11.6 Å². The molecule has 0 radical (unpaired) electrons. The van der Waals surface area contributed by atoms with Crippen molar-refractivity contribution < 1.29 is 9.53 Å². The zero-order valence-corrected chi connectivity index (χ0v) is 12.5. The second kappa shape index (κ2) is 6.45. The number of hydrogen-bond acceptors (Lipinski definition) is 2. The summed E-state index contributed by atoms with van der Waals surface area (Å²) < 4.78 is 5.10. The summed E-state index contributed by atoms with van der Waals surface area (Å²) in [7, 11) is 1.64. The summed E-state index contributed by atoms with van der Waals surface area (Å²) in [4.78, 5) is 13.5. The van der Waals surface area contributed by atoms with E-state index in [9.17, 15) is 4.79 Å². The molecule has 0 unspecified atom stereocenters. The fourth-order valence-corrected chi connectivity index (χ4v) is 2.04. The number of ether oxygens (including phenoxy) is 1. The van der Waals surface area contributed by atoms with Gasteiger partial charge in [0.25, 0.3) is 0 Å². The fraction of sp³-hybridized carbons (Fsp3) is 0.533. The molecule has 19 heavy (non-hydrogen) atoms. The molecule has 0 atom stereocenters. The van der Waals surface area contributed by atoms with Crippen molar-refractivity contribution >= 4 is 6.03 Å². The highest BCUT2D eigenvalue weighted by atomic mass is 16.5. The number of nitrogens with one attached hydrogen (secondary N) is 1. The zero-order valence-electron chi connectivity index (χ0n) is 12.5. The van der Waals surface area contributed by atoms with Gasteiger partial charge in [0.15, 0.2) is 0 Å². The second-order valence-corrected chi connectivity index (χ2v) is 5.02. The maximum Gasteiger partial charge on any atom is 0.318 e. The molecule has 0 bridgehead atoms. The molecule has 1 fully saturated rings. The van der Waals surface area contributed by atoms with E-state index in [1.807, 2.05) is 56.9 Å². The van der Waals surface area contributed by atoms with E-state index in [1.54, 1.807) is 7.11 Å². The van der Waals surface area contributed by atoms with Crippen LogP contribution in [0.15, 0.2) is 24.3 Å². The van der Waals surface area contributed by atoms with Crippen LogP contribution < -0.4 is 10.1 Å². The van der Waals surface area contributed by atoms with Crippen LogP contribution in [0.1, 0.15) is 33.3 Å². The molecule has 2 rings (SSSR count). The molecule has 0 aliphatic carbocycles. The Morgan fingerprint density at radius 3 is 2.26 bits per heavy atom. The Morgan fingerprint density at radius 2 is 1.84 bits per heavy atom. The van der Waals surface area contributed by atoms with E-state index in [1.165, 1.54) is 0 Å². The van der Waals surface area contributed by atoms with Gasteiger partial charge in [-0.3, -0.25) is 0 Å². The molecule has 1 saturated heterocycles. The maximum absolute atomic E-state index is 11.7. The molecule has 4 nitrogen and oxygen atoms in total. The Balaban J connectivity index is 0.000000861. The SMILES string of the molecule is CC.COc1ccc(CN2CC(C)(C)NC2=O)cc1. The van der Waals surface area contributed by atoms with Gasteiger partial charge in [-0.2, -0.15) is 0 Å². The number of nitrogens with zero attached hydrogens (tertiary/aromatic N) is 1. The van der Waals surface area contributed by atoms with E-state index in [0.717, 1.165) is 17.9 Å². The van der Waals surface area contributed by atoms with Crippen molar-refractivity contribution in [3.8, 4) is 5.75 Å². The van der Waals surface area contributed by atoms with Crippen LogP contribution in [-0.2, 0) is 6.54 Å². The van der Waals surface area contributed by atoms with Crippen molar-refractivity contribution in [1.29, 1.82) is 0 Å². The third-order valence-corrected chi connectivity index (χ3v) is 2.85. The molecule has 1 aromatic carbocycles. The summed E-state index contributed by atoms with van der Waals surface area (Å²) >= 11 is 0. The molecule has 1 heterocycles. The lowest BCUT2D eigenvalue weighted by molar-refractivity contribution is 0.215. The van der Waals surface area contributed by atoms with Gasteiger partial charge >= 0.3 is 6.03 Å². The smallest absolute Gasteiger partial charge is 0.318 e. The molecule has 0 spiro atoms. The number of carbonyl (C=O) groups is 1. The molecule has 1 aliphatic rings. The van der Waals surface area contributed by atoms with Crippen LogP contribution in [0.2, 0.25) is 0 Å². The van der Waals surface area contributed by atoms with Crippen LogP contribution in [-0.4, -0.2) is 30.1 Å². The number of amides is 2. The normalized spacial score (nSPS) is 16.5. The number of benzene rings is 1. The van der Waals surface area contributed by atoms with Gasteiger partial charge in [0.05, 0.1) is 12.6 Å². The predicted molar refractivity (Wildman–Crippen MR) is 77.4 cm³/mol.